The zero-order chi connectivity index (χ0) is 22.5. The molecular formula is C23H37N3O4. The topological polar surface area (TPSA) is 72.0 Å². The van der Waals surface area contributed by atoms with Gasteiger partial charge >= 0.3 is 12.2 Å². The van der Waals surface area contributed by atoms with Crippen LogP contribution >= 0.6 is 0 Å². The van der Waals surface area contributed by atoms with Crippen molar-refractivity contribution in [2.24, 2.45) is 0 Å². The molecule has 2 amide bonds. The maximum absolute atomic E-state index is 12.9. The molecule has 30 heavy (non-hydrogen) atoms. The van der Waals surface area contributed by atoms with Crippen LogP contribution in [0.1, 0.15) is 85.8 Å². The van der Waals surface area contributed by atoms with Crippen molar-refractivity contribution in [3.63, 3.8) is 0 Å². The van der Waals surface area contributed by atoms with Gasteiger partial charge in [-0.1, -0.05) is 13.0 Å². The number of carbonyl (C=O) groups excluding carboxylic acids is 2. The minimum Gasteiger partial charge on any atom is -0.444 e. The molecule has 1 aromatic heterocycles. The van der Waals surface area contributed by atoms with Crippen LogP contribution in [0.5, 0.6) is 0 Å². The van der Waals surface area contributed by atoms with Gasteiger partial charge in [-0.3, -0.25) is 4.90 Å². The summed E-state index contributed by atoms with van der Waals surface area (Å²) in [5, 5.41) is 0. The molecule has 1 fully saturated rings. The quantitative estimate of drug-likeness (QED) is 0.626. The molecule has 168 valence electrons. The number of carbonyl (C=O) groups is 2. The van der Waals surface area contributed by atoms with Crippen molar-refractivity contribution in [3.8, 4) is 0 Å². The number of piperidine rings is 1. The van der Waals surface area contributed by atoms with Gasteiger partial charge < -0.3 is 14.4 Å². The lowest BCUT2D eigenvalue weighted by molar-refractivity contribution is 0.00955. The molecule has 0 N–H and O–H groups in total. The standard InChI is InChI=1S/C23H37N3O4/c1-8-15-26(21(28)30-23(5,6)7)19-17(12-11-14-24-19)18-13-9-10-16-25(18)20(27)29-22(2,3)4/h11-12,14,18H,8-10,13,15-16H2,1-7H3/t18-/m1/s1. The summed E-state index contributed by atoms with van der Waals surface area (Å²) in [6.07, 6.45) is 4.40. The largest absolute Gasteiger partial charge is 0.444 e. The molecule has 0 bridgehead atoms. The molecule has 0 aliphatic carbocycles. The first-order chi connectivity index (χ1) is 13.9. The van der Waals surface area contributed by atoms with Crippen LogP contribution in [0.3, 0.4) is 0 Å². The first-order valence-corrected chi connectivity index (χ1v) is 10.9. The maximum atomic E-state index is 12.9. The van der Waals surface area contributed by atoms with E-state index in [1.54, 1.807) is 16.0 Å². The van der Waals surface area contributed by atoms with E-state index in [9.17, 15) is 9.59 Å². The third-order valence-corrected chi connectivity index (χ3v) is 4.62. The normalized spacial score (nSPS) is 17.4. The molecule has 7 heteroatoms. The third kappa shape index (κ3) is 6.61. The van der Waals surface area contributed by atoms with E-state index in [0.717, 1.165) is 31.2 Å². The number of ether oxygens (including phenoxy) is 2. The monoisotopic (exact) mass is 419 g/mol. The number of pyridine rings is 1. The zero-order valence-electron chi connectivity index (χ0n) is 19.5. The lowest BCUT2D eigenvalue weighted by atomic mass is 9.95. The third-order valence-electron chi connectivity index (χ3n) is 4.62. The fourth-order valence-electron chi connectivity index (χ4n) is 3.51. The van der Waals surface area contributed by atoms with E-state index in [0.29, 0.717) is 18.9 Å². The SMILES string of the molecule is CCCN(C(=O)OC(C)(C)C)c1ncccc1[C@H]1CCCCN1C(=O)OC(C)(C)C. The van der Waals surface area contributed by atoms with Crippen molar-refractivity contribution in [3.05, 3.63) is 23.9 Å². The smallest absolute Gasteiger partial charge is 0.416 e. The molecule has 2 heterocycles. The Hall–Kier alpha value is -2.31. The van der Waals surface area contributed by atoms with Crippen LogP contribution in [0, 0.1) is 0 Å². The highest BCUT2D eigenvalue weighted by Crippen LogP contribution is 2.36. The Balaban J connectivity index is 2.41. The van der Waals surface area contributed by atoms with Crippen LogP contribution in [0.4, 0.5) is 15.4 Å². The van der Waals surface area contributed by atoms with Gasteiger partial charge in [-0.25, -0.2) is 14.6 Å². The van der Waals surface area contributed by atoms with Crippen LogP contribution in [-0.2, 0) is 9.47 Å². The van der Waals surface area contributed by atoms with Crippen molar-refractivity contribution in [2.45, 2.75) is 91.4 Å². The molecule has 1 saturated heterocycles. The van der Waals surface area contributed by atoms with Gasteiger partial charge in [-0.05, 0) is 73.3 Å². The number of anilines is 1. The van der Waals surface area contributed by atoms with Gasteiger partial charge in [0.05, 0.1) is 6.04 Å². The Bertz CT molecular complexity index is 737. The van der Waals surface area contributed by atoms with Crippen LogP contribution in [0.2, 0.25) is 0 Å². The summed E-state index contributed by atoms with van der Waals surface area (Å²) in [5.41, 5.74) is -0.324. The van der Waals surface area contributed by atoms with Gasteiger partial charge in [-0.15, -0.1) is 0 Å². The second-order valence-corrected chi connectivity index (χ2v) is 9.73. The summed E-state index contributed by atoms with van der Waals surface area (Å²) in [5.74, 6) is 0.550. The number of nitrogens with zero attached hydrogens (tertiary/aromatic N) is 3. The highest BCUT2D eigenvalue weighted by Gasteiger charge is 2.35. The van der Waals surface area contributed by atoms with E-state index in [1.807, 2.05) is 60.6 Å². The van der Waals surface area contributed by atoms with Crippen molar-refractivity contribution in [2.75, 3.05) is 18.0 Å². The molecule has 1 aliphatic heterocycles. The van der Waals surface area contributed by atoms with E-state index < -0.39 is 17.3 Å². The minimum atomic E-state index is -0.606. The highest BCUT2D eigenvalue weighted by atomic mass is 16.6. The van der Waals surface area contributed by atoms with Crippen molar-refractivity contribution >= 4 is 18.0 Å². The Morgan fingerprint density at radius 1 is 1.13 bits per heavy atom. The Labute approximate surface area is 180 Å². The van der Waals surface area contributed by atoms with E-state index in [2.05, 4.69) is 4.98 Å². The summed E-state index contributed by atoms with van der Waals surface area (Å²) < 4.78 is 11.3. The molecule has 2 rings (SSSR count). The first kappa shape index (κ1) is 24.0. The Morgan fingerprint density at radius 2 is 1.80 bits per heavy atom. The molecule has 0 saturated carbocycles. The van der Waals surface area contributed by atoms with Crippen LogP contribution in [0.25, 0.3) is 0 Å². The summed E-state index contributed by atoms with van der Waals surface area (Å²) in [6, 6.07) is 3.60. The second-order valence-electron chi connectivity index (χ2n) is 9.73. The molecule has 0 spiro atoms. The average Bonchev–Trinajstić information content (AvgIpc) is 2.63. The number of hydrogen-bond acceptors (Lipinski definition) is 5. The molecular weight excluding hydrogens is 382 g/mol. The molecule has 1 atom stereocenters. The lowest BCUT2D eigenvalue weighted by Gasteiger charge is -2.38. The summed E-state index contributed by atoms with van der Waals surface area (Å²) in [4.78, 5) is 33.7. The molecule has 0 unspecified atom stereocenters. The van der Waals surface area contributed by atoms with Crippen LogP contribution < -0.4 is 4.90 Å². The van der Waals surface area contributed by atoms with Gasteiger partial charge in [0.15, 0.2) is 0 Å². The van der Waals surface area contributed by atoms with E-state index in [4.69, 9.17) is 9.47 Å². The average molecular weight is 420 g/mol. The number of likely N-dealkylation sites (tertiary alicyclic amines) is 1. The van der Waals surface area contributed by atoms with Gasteiger partial charge in [-0.2, -0.15) is 0 Å². The summed E-state index contributed by atoms with van der Waals surface area (Å²) in [7, 11) is 0. The first-order valence-electron chi connectivity index (χ1n) is 10.9. The summed E-state index contributed by atoms with van der Waals surface area (Å²) >= 11 is 0. The summed E-state index contributed by atoms with van der Waals surface area (Å²) in [6.45, 7) is 14.2. The number of hydrogen-bond donors (Lipinski definition) is 0. The fourth-order valence-corrected chi connectivity index (χ4v) is 3.51. The number of rotatable bonds is 4. The lowest BCUT2D eigenvalue weighted by Crippen LogP contribution is -2.43. The van der Waals surface area contributed by atoms with Gasteiger partial charge in [0, 0.05) is 24.8 Å². The van der Waals surface area contributed by atoms with Crippen LogP contribution in [0.15, 0.2) is 18.3 Å². The fraction of sp³-hybridized carbons (Fsp3) is 0.696. The van der Waals surface area contributed by atoms with E-state index in [1.165, 1.54) is 0 Å². The predicted octanol–water partition coefficient (Wildman–Crippen LogP) is 5.70. The molecule has 1 aromatic rings. The minimum absolute atomic E-state index is 0.195. The van der Waals surface area contributed by atoms with Crippen molar-refractivity contribution in [1.82, 2.24) is 9.88 Å². The molecule has 0 aromatic carbocycles. The number of amides is 2. The van der Waals surface area contributed by atoms with Gasteiger partial charge in [0.25, 0.3) is 0 Å². The predicted molar refractivity (Wildman–Crippen MR) is 118 cm³/mol. The highest BCUT2D eigenvalue weighted by molar-refractivity contribution is 5.87. The Morgan fingerprint density at radius 3 is 2.40 bits per heavy atom. The van der Waals surface area contributed by atoms with Crippen LogP contribution in [-0.4, -0.2) is 46.4 Å². The molecule has 0 radical (unpaired) electrons. The van der Waals surface area contributed by atoms with Crippen molar-refractivity contribution in [1.29, 1.82) is 0 Å². The van der Waals surface area contributed by atoms with Gasteiger partial charge in [0.1, 0.15) is 17.0 Å². The van der Waals surface area contributed by atoms with E-state index >= 15 is 0 Å². The second kappa shape index (κ2) is 9.67. The zero-order valence-corrected chi connectivity index (χ0v) is 19.5. The Kier molecular flexibility index (Phi) is 7.72. The number of aromatic nitrogens is 1. The molecule has 1 aliphatic rings. The molecule has 7 nitrogen and oxygen atoms in total. The van der Waals surface area contributed by atoms with Crippen molar-refractivity contribution < 1.29 is 19.1 Å². The maximum Gasteiger partial charge on any atom is 0.416 e. The van der Waals surface area contributed by atoms with E-state index in [-0.39, 0.29) is 12.1 Å². The van der Waals surface area contributed by atoms with Gasteiger partial charge in [0.2, 0.25) is 0 Å².